The molecule has 78 heavy (non-hydrogen) atoms. The molecule has 4 saturated heterocycles. The average Bonchev–Trinajstić information content (AvgIpc) is 4.13. The summed E-state index contributed by atoms with van der Waals surface area (Å²) in [5, 5.41) is 5.64. The lowest BCUT2D eigenvalue weighted by atomic mass is 10.0. The first kappa shape index (κ1) is 61.4. The summed E-state index contributed by atoms with van der Waals surface area (Å²) in [5.41, 5.74) is -1.79. The Kier molecular flexibility index (Phi) is 19.1. The van der Waals surface area contributed by atoms with E-state index in [2.05, 4.69) is 10.6 Å². The second-order valence-corrected chi connectivity index (χ2v) is 26.5. The summed E-state index contributed by atoms with van der Waals surface area (Å²) in [6, 6.07) is 2.32. The minimum Gasteiger partial charge on any atom is -0.487 e. The number of likely N-dealkylation sites (tertiary alicyclic amines) is 2. The molecule has 0 spiro atoms. The van der Waals surface area contributed by atoms with Crippen molar-refractivity contribution in [3.05, 3.63) is 60.2 Å². The monoisotopic (exact) mass is 1140 g/mol. The van der Waals surface area contributed by atoms with E-state index in [0.717, 1.165) is 22.3 Å². The van der Waals surface area contributed by atoms with E-state index >= 15 is 9.59 Å². The molecule has 434 valence electrons. The van der Waals surface area contributed by atoms with E-state index in [1.54, 1.807) is 41.5 Å². The highest BCUT2D eigenvalue weighted by Gasteiger charge is 2.56. The van der Waals surface area contributed by atoms with Crippen molar-refractivity contribution >= 4 is 55.9 Å². The highest BCUT2D eigenvalue weighted by Crippen LogP contribution is 2.38. The van der Waals surface area contributed by atoms with E-state index in [0.29, 0.717) is 0 Å². The third kappa shape index (κ3) is 15.1. The number of rotatable bonds is 19. The van der Waals surface area contributed by atoms with Gasteiger partial charge in [0.05, 0.1) is 49.8 Å². The summed E-state index contributed by atoms with van der Waals surface area (Å²) in [6.07, 6.45) is -0.681. The molecule has 2 aromatic rings. The lowest BCUT2D eigenvalue weighted by molar-refractivity contribution is -0.139. The molecule has 2 aromatic carbocycles. The van der Waals surface area contributed by atoms with E-state index in [-0.39, 0.29) is 76.2 Å². The predicted octanol–water partition coefficient (Wildman–Crippen LogP) is 3.69. The zero-order chi connectivity index (χ0) is 58.0. The molecule has 2 N–H and O–H groups in total. The molecule has 2 unspecified atom stereocenters. The van der Waals surface area contributed by atoms with Crippen LogP contribution in [-0.4, -0.2) is 205 Å². The molecule has 0 bridgehead atoms. The maximum Gasteiger partial charge on any atom is 0.410 e. The van der Waals surface area contributed by atoms with Gasteiger partial charge in [-0.05, 0) is 130 Å². The van der Waals surface area contributed by atoms with Gasteiger partial charge in [-0.3, -0.25) is 29.0 Å². The van der Waals surface area contributed by atoms with Crippen LogP contribution in [0.1, 0.15) is 93.9 Å². The SMILES string of the molecule is C[C@@H](C(=O)NC(CCCCC(NC(=O)[C@H](C)N(C)C(=O)OC(C)(C)C)C(=O)N1CC[C@@H]2[C@H]1[C@@H](Oc1ccc(F)cc1)CN2S(C)(=O)=O)C(=O)N1CC[C@@H]2[C@H]1[C@@H](Oc1ccc(F)cc1)CN2S(C)(=O)=O)N(C)C(=O)OC(C)(C)C. The summed E-state index contributed by atoms with van der Waals surface area (Å²) in [6.45, 7) is 12.8. The molecule has 4 aliphatic rings. The van der Waals surface area contributed by atoms with Crippen LogP contribution in [0.2, 0.25) is 0 Å². The molecule has 10 atom stereocenters. The normalized spacial score (nSPS) is 23.3. The molecule has 22 nitrogen and oxygen atoms in total. The largest absolute Gasteiger partial charge is 0.487 e. The second kappa shape index (κ2) is 24.2. The fourth-order valence-corrected chi connectivity index (χ4v) is 12.6. The number of unbranched alkanes of at least 4 members (excludes halogenated alkanes) is 1. The summed E-state index contributed by atoms with van der Waals surface area (Å²) >= 11 is 0. The van der Waals surface area contributed by atoms with Crippen molar-refractivity contribution in [2.24, 2.45) is 0 Å². The van der Waals surface area contributed by atoms with E-state index in [1.807, 2.05) is 0 Å². The van der Waals surface area contributed by atoms with Crippen LogP contribution >= 0.6 is 0 Å². The van der Waals surface area contributed by atoms with Crippen LogP contribution in [0, 0.1) is 11.6 Å². The fraction of sp³-hybridized carbons (Fsp3) is 0.654. The predicted molar refractivity (Wildman–Crippen MR) is 282 cm³/mol. The molecule has 6 rings (SSSR count). The summed E-state index contributed by atoms with van der Waals surface area (Å²) in [7, 11) is -4.90. The van der Waals surface area contributed by atoms with Crippen molar-refractivity contribution in [3.8, 4) is 11.5 Å². The van der Waals surface area contributed by atoms with Crippen molar-refractivity contribution in [1.82, 2.24) is 38.8 Å². The minimum absolute atomic E-state index is 0.0570. The van der Waals surface area contributed by atoms with Gasteiger partial charge in [-0.1, -0.05) is 12.8 Å². The second-order valence-electron chi connectivity index (χ2n) is 22.6. The lowest BCUT2D eigenvalue weighted by Gasteiger charge is -2.34. The summed E-state index contributed by atoms with van der Waals surface area (Å²) in [5.74, 6) is -3.17. The molecule has 0 aromatic heterocycles. The van der Waals surface area contributed by atoms with Gasteiger partial charge < -0.3 is 39.4 Å². The van der Waals surface area contributed by atoms with Crippen molar-refractivity contribution in [2.75, 3.05) is 52.8 Å². The standard InChI is InChI=1S/C52H76F2N8O14S2/c1-31(57(9)49(67)75-51(3,4)5)45(63)55-37(47(65)59-27-25-39-43(59)41(29-61(39)77(11,69)70)73-35-21-17-33(53)18-22-35)15-13-14-16-38(56-46(64)32(2)58(10)50(68)76-52(6,7)8)48(66)60-28-26-40-44(60)42(30-62(40)78(12,71)72)74-36-23-19-34(54)20-24-36/h17-24,31-32,37-44H,13-16,25-30H2,1-12H3,(H,55,63)(H,56,64)/t31-,32-,37?,38?,39+,40+,41-,42-,43-,44-/m0/s1. The van der Waals surface area contributed by atoms with Gasteiger partial charge in [-0.15, -0.1) is 0 Å². The number of carbonyl (C=O) groups excluding carboxylic acids is 6. The van der Waals surface area contributed by atoms with Gasteiger partial charge in [0.15, 0.2) is 0 Å². The van der Waals surface area contributed by atoms with Crippen LogP contribution in [0.3, 0.4) is 0 Å². The Labute approximate surface area is 456 Å². The van der Waals surface area contributed by atoms with Crippen LogP contribution in [-0.2, 0) is 48.7 Å². The van der Waals surface area contributed by atoms with Crippen LogP contribution < -0.4 is 20.1 Å². The highest BCUT2D eigenvalue weighted by molar-refractivity contribution is 7.88. The quantitative estimate of drug-likeness (QED) is 0.191. The number of benzene rings is 2. The third-order valence-electron chi connectivity index (χ3n) is 14.4. The fourth-order valence-electron chi connectivity index (χ4n) is 10.4. The summed E-state index contributed by atoms with van der Waals surface area (Å²) in [4.78, 5) is 89.7. The van der Waals surface area contributed by atoms with Gasteiger partial charge in [-0.2, -0.15) is 8.61 Å². The number of carbonyl (C=O) groups is 6. The molecule has 0 aliphatic carbocycles. The molecule has 0 saturated carbocycles. The van der Waals surface area contributed by atoms with Gasteiger partial charge in [-0.25, -0.2) is 35.2 Å². The van der Waals surface area contributed by atoms with Gasteiger partial charge in [0, 0.05) is 27.2 Å². The lowest BCUT2D eigenvalue weighted by Crippen LogP contribution is -2.57. The number of nitrogens with zero attached hydrogens (tertiary/aromatic N) is 6. The molecule has 4 heterocycles. The molecule has 4 aliphatic heterocycles. The molecular weight excluding hydrogens is 1060 g/mol. The number of nitrogens with one attached hydrogen (secondary N) is 2. The zero-order valence-electron chi connectivity index (χ0n) is 46.4. The van der Waals surface area contributed by atoms with Crippen molar-refractivity contribution in [2.45, 2.75) is 166 Å². The van der Waals surface area contributed by atoms with Crippen molar-refractivity contribution in [3.63, 3.8) is 0 Å². The minimum atomic E-state index is -3.82. The number of halogens is 2. The number of amides is 6. The molecular formula is C52H76F2N8O14S2. The average molecular weight is 1140 g/mol. The van der Waals surface area contributed by atoms with Crippen molar-refractivity contribution < 1.29 is 73.3 Å². The molecule has 6 amide bonds. The Bertz CT molecular complexity index is 2560. The van der Waals surface area contributed by atoms with Crippen molar-refractivity contribution in [1.29, 1.82) is 0 Å². The first-order chi connectivity index (χ1) is 36.1. The van der Waals surface area contributed by atoms with E-state index in [1.165, 1.54) is 94.9 Å². The molecule has 26 heteroatoms. The molecule has 0 radical (unpaired) electrons. The zero-order valence-corrected chi connectivity index (χ0v) is 48.1. The van der Waals surface area contributed by atoms with Crippen LogP contribution in [0.4, 0.5) is 18.4 Å². The van der Waals surface area contributed by atoms with Crippen LogP contribution in [0.15, 0.2) is 48.5 Å². The number of likely N-dealkylation sites (N-methyl/N-ethyl adjacent to an activating group) is 2. The topological polar surface area (TPSA) is 251 Å². The first-order valence-corrected chi connectivity index (χ1v) is 29.8. The maximum atomic E-state index is 15.0. The summed E-state index contributed by atoms with van der Waals surface area (Å²) < 4.78 is 106. The Balaban J connectivity index is 1.28. The Morgan fingerprint density at radius 2 is 0.923 bits per heavy atom. The van der Waals surface area contributed by atoms with Crippen LogP contribution in [0.25, 0.3) is 0 Å². The van der Waals surface area contributed by atoms with Gasteiger partial charge in [0.1, 0.15) is 70.7 Å². The van der Waals surface area contributed by atoms with Crippen LogP contribution in [0.5, 0.6) is 11.5 Å². The van der Waals surface area contributed by atoms with Gasteiger partial charge >= 0.3 is 12.2 Å². The number of fused-ring (bicyclic) bond motifs is 2. The Morgan fingerprint density at radius 1 is 0.603 bits per heavy atom. The van der Waals surface area contributed by atoms with Gasteiger partial charge in [0.25, 0.3) is 0 Å². The smallest absolute Gasteiger partial charge is 0.410 e. The van der Waals surface area contributed by atoms with Gasteiger partial charge in [0.2, 0.25) is 43.7 Å². The maximum absolute atomic E-state index is 15.0. The molecule has 4 fully saturated rings. The number of hydrogen-bond donors (Lipinski definition) is 2. The highest BCUT2D eigenvalue weighted by atomic mass is 32.2. The first-order valence-electron chi connectivity index (χ1n) is 26.1. The Morgan fingerprint density at radius 3 is 1.22 bits per heavy atom. The van der Waals surface area contributed by atoms with E-state index < -0.39 is 139 Å². The third-order valence-corrected chi connectivity index (χ3v) is 17.0. The Hall–Kier alpha value is -5.86. The van der Waals surface area contributed by atoms with E-state index in [9.17, 15) is 44.8 Å². The number of hydrogen-bond acceptors (Lipinski definition) is 14. The number of ether oxygens (including phenoxy) is 4. The number of sulfonamides is 2. The van der Waals surface area contributed by atoms with E-state index in [4.69, 9.17) is 18.9 Å².